The van der Waals surface area contributed by atoms with E-state index in [9.17, 15) is 14.5 Å². The summed E-state index contributed by atoms with van der Waals surface area (Å²) in [6, 6.07) is 0. The molecule has 1 saturated carbocycles. The first-order chi connectivity index (χ1) is 9.18. The molecule has 7 heteroatoms. The van der Waals surface area contributed by atoms with Crippen LogP contribution < -0.4 is 5.32 Å². The van der Waals surface area contributed by atoms with Crippen LogP contribution in [0.4, 0.5) is 0 Å². The van der Waals surface area contributed by atoms with Crippen LogP contribution in [0.5, 0.6) is 0 Å². The maximum atomic E-state index is 12.0. The summed E-state index contributed by atoms with van der Waals surface area (Å²) in [6.07, 6.45) is 7.56. The normalized spacial score (nSPS) is 17.5. The summed E-state index contributed by atoms with van der Waals surface area (Å²) in [7, 11) is 0. The first kappa shape index (κ1) is 13.3. The summed E-state index contributed by atoms with van der Waals surface area (Å²) < 4.78 is 0. The Kier molecular flexibility index (Phi) is 3.94. The minimum Gasteiger partial charge on any atom is -0.336 e. The van der Waals surface area contributed by atoms with Crippen LogP contribution >= 0.6 is 0 Å². The zero-order valence-electron chi connectivity index (χ0n) is 10.3. The van der Waals surface area contributed by atoms with Gasteiger partial charge in [-0.1, -0.05) is 19.3 Å². The molecule has 0 bridgehead atoms. The topological polar surface area (TPSA) is 101 Å². The monoisotopic (exact) mass is 262 g/mol. The van der Waals surface area contributed by atoms with Crippen LogP contribution in [0.2, 0.25) is 0 Å². The number of hydrogen-bond acceptors (Lipinski definition) is 5. The third-order valence-corrected chi connectivity index (χ3v) is 3.35. The molecule has 1 heterocycles. The summed E-state index contributed by atoms with van der Waals surface area (Å²) in [6.45, 7) is 0. The van der Waals surface area contributed by atoms with Gasteiger partial charge in [0.2, 0.25) is 0 Å². The minimum absolute atomic E-state index is 0.117. The number of carbonyl (C=O) groups excluding carboxylic acids is 2. The number of nitrogens with zero attached hydrogens (tertiary/aromatic N) is 3. The second-order valence-corrected chi connectivity index (χ2v) is 4.58. The summed E-state index contributed by atoms with van der Waals surface area (Å²) in [5.41, 5.74) is -1.06. The Bertz CT molecular complexity index is 483. The SMILES string of the molecule is O=NC(=O)C1(NC(=O)c2cnccn2)CCCCC1. The Balaban J connectivity index is 2.19. The van der Waals surface area contributed by atoms with Gasteiger partial charge in [-0.25, -0.2) is 4.98 Å². The van der Waals surface area contributed by atoms with Crippen LogP contribution in [0.1, 0.15) is 42.6 Å². The van der Waals surface area contributed by atoms with E-state index >= 15 is 0 Å². The van der Waals surface area contributed by atoms with Crippen LogP contribution in [0.15, 0.2) is 23.8 Å². The molecule has 0 aliphatic heterocycles. The van der Waals surface area contributed by atoms with Crippen molar-refractivity contribution in [3.05, 3.63) is 29.2 Å². The molecule has 1 aromatic heterocycles. The fourth-order valence-corrected chi connectivity index (χ4v) is 2.33. The lowest BCUT2D eigenvalue weighted by atomic mass is 9.81. The summed E-state index contributed by atoms with van der Waals surface area (Å²) in [5, 5.41) is 5.11. The van der Waals surface area contributed by atoms with Crippen molar-refractivity contribution in [2.45, 2.75) is 37.6 Å². The molecule has 1 aliphatic carbocycles. The van der Waals surface area contributed by atoms with Gasteiger partial charge in [0.15, 0.2) is 0 Å². The van der Waals surface area contributed by atoms with E-state index in [0.717, 1.165) is 19.3 Å². The van der Waals surface area contributed by atoms with Gasteiger partial charge in [0.1, 0.15) is 11.2 Å². The van der Waals surface area contributed by atoms with Crippen molar-refractivity contribution in [3.8, 4) is 0 Å². The molecule has 0 spiro atoms. The fourth-order valence-electron chi connectivity index (χ4n) is 2.33. The summed E-state index contributed by atoms with van der Waals surface area (Å²) >= 11 is 0. The van der Waals surface area contributed by atoms with E-state index in [0.29, 0.717) is 12.8 Å². The average molecular weight is 262 g/mol. The van der Waals surface area contributed by atoms with Crippen LogP contribution in [0, 0.1) is 4.91 Å². The second-order valence-electron chi connectivity index (χ2n) is 4.58. The third kappa shape index (κ3) is 2.81. The number of rotatable bonds is 3. The van der Waals surface area contributed by atoms with Crippen molar-refractivity contribution < 1.29 is 9.59 Å². The minimum atomic E-state index is -1.17. The van der Waals surface area contributed by atoms with Gasteiger partial charge in [-0.3, -0.25) is 14.6 Å². The second kappa shape index (κ2) is 5.64. The number of aromatic nitrogens is 2. The first-order valence-corrected chi connectivity index (χ1v) is 6.14. The highest BCUT2D eigenvalue weighted by Gasteiger charge is 2.42. The van der Waals surface area contributed by atoms with E-state index in [1.807, 2.05) is 0 Å². The molecule has 0 aromatic carbocycles. The van der Waals surface area contributed by atoms with Gasteiger partial charge in [0.25, 0.3) is 5.91 Å². The van der Waals surface area contributed by atoms with E-state index in [2.05, 4.69) is 20.5 Å². The Morgan fingerprint density at radius 1 is 1.21 bits per heavy atom. The number of hydrogen-bond donors (Lipinski definition) is 1. The zero-order chi connectivity index (χ0) is 13.7. The Morgan fingerprint density at radius 2 is 1.95 bits per heavy atom. The van der Waals surface area contributed by atoms with Gasteiger partial charge in [-0.15, -0.1) is 4.91 Å². The van der Waals surface area contributed by atoms with Gasteiger partial charge in [-0.05, 0) is 12.8 Å². The molecule has 7 nitrogen and oxygen atoms in total. The van der Waals surface area contributed by atoms with Gasteiger partial charge >= 0.3 is 5.91 Å². The van der Waals surface area contributed by atoms with E-state index < -0.39 is 17.4 Å². The predicted octanol–water partition coefficient (Wildman–Crippen LogP) is 1.20. The summed E-state index contributed by atoms with van der Waals surface area (Å²) in [4.78, 5) is 42.0. The molecular formula is C12H14N4O3. The number of nitroso groups, excluding NO2 is 1. The number of amides is 2. The third-order valence-electron chi connectivity index (χ3n) is 3.35. The first-order valence-electron chi connectivity index (χ1n) is 6.14. The molecule has 1 aromatic rings. The van der Waals surface area contributed by atoms with Crippen molar-refractivity contribution in [1.29, 1.82) is 0 Å². The standard InChI is InChI=1S/C12H14N4O3/c17-10(9-8-13-6-7-14-9)15-12(11(18)16-19)4-2-1-3-5-12/h6-8H,1-5H2,(H,15,17). The average Bonchev–Trinajstić information content (AvgIpc) is 2.48. The van der Waals surface area contributed by atoms with Crippen molar-refractivity contribution in [1.82, 2.24) is 15.3 Å². The molecule has 1 N–H and O–H groups in total. The quantitative estimate of drug-likeness (QED) is 0.825. The van der Waals surface area contributed by atoms with E-state index in [1.165, 1.54) is 18.6 Å². The highest BCUT2D eigenvalue weighted by molar-refractivity contribution is 5.98. The predicted molar refractivity (Wildman–Crippen MR) is 66.1 cm³/mol. The maximum Gasteiger partial charge on any atom is 0.311 e. The molecule has 19 heavy (non-hydrogen) atoms. The van der Waals surface area contributed by atoms with Crippen molar-refractivity contribution in [2.24, 2.45) is 5.18 Å². The molecule has 1 aliphatic rings. The van der Waals surface area contributed by atoms with Crippen LogP contribution in [-0.4, -0.2) is 27.3 Å². The molecule has 0 atom stereocenters. The van der Waals surface area contributed by atoms with Crippen LogP contribution in [0.3, 0.4) is 0 Å². The molecule has 2 rings (SSSR count). The largest absolute Gasteiger partial charge is 0.336 e. The van der Waals surface area contributed by atoms with Crippen LogP contribution in [0.25, 0.3) is 0 Å². The van der Waals surface area contributed by atoms with E-state index in [-0.39, 0.29) is 5.69 Å². The molecule has 2 amide bonds. The van der Waals surface area contributed by atoms with Crippen molar-refractivity contribution in [2.75, 3.05) is 0 Å². The maximum absolute atomic E-state index is 12.0. The molecule has 0 radical (unpaired) electrons. The van der Waals surface area contributed by atoms with Crippen molar-refractivity contribution in [3.63, 3.8) is 0 Å². The van der Waals surface area contributed by atoms with E-state index in [4.69, 9.17) is 0 Å². The highest BCUT2D eigenvalue weighted by Crippen LogP contribution is 2.29. The molecule has 0 unspecified atom stereocenters. The fraction of sp³-hybridized carbons (Fsp3) is 0.500. The Hall–Kier alpha value is -2.18. The highest BCUT2D eigenvalue weighted by atomic mass is 16.3. The smallest absolute Gasteiger partial charge is 0.311 e. The van der Waals surface area contributed by atoms with Crippen molar-refractivity contribution >= 4 is 11.8 Å². The Morgan fingerprint density at radius 3 is 2.53 bits per heavy atom. The number of carbonyl (C=O) groups is 2. The van der Waals surface area contributed by atoms with Gasteiger partial charge in [0, 0.05) is 17.6 Å². The molecular weight excluding hydrogens is 248 g/mol. The van der Waals surface area contributed by atoms with Gasteiger partial charge < -0.3 is 5.32 Å². The zero-order valence-corrected chi connectivity index (χ0v) is 10.3. The number of nitrogens with one attached hydrogen (secondary N) is 1. The molecule has 0 saturated heterocycles. The lowest BCUT2D eigenvalue weighted by Gasteiger charge is -2.33. The van der Waals surface area contributed by atoms with Gasteiger partial charge in [0.05, 0.1) is 6.20 Å². The summed E-state index contributed by atoms with van der Waals surface area (Å²) in [5.74, 6) is -1.32. The lowest BCUT2D eigenvalue weighted by molar-refractivity contribution is -0.125. The van der Waals surface area contributed by atoms with Gasteiger partial charge in [-0.2, -0.15) is 0 Å². The lowest BCUT2D eigenvalue weighted by Crippen LogP contribution is -2.55. The van der Waals surface area contributed by atoms with Crippen LogP contribution in [-0.2, 0) is 4.79 Å². The molecule has 100 valence electrons. The Labute approximate surface area is 109 Å². The van der Waals surface area contributed by atoms with E-state index in [1.54, 1.807) is 0 Å². The molecule has 1 fully saturated rings.